The van der Waals surface area contributed by atoms with Crippen molar-refractivity contribution in [3.63, 3.8) is 0 Å². The largest absolute Gasteiger partial charge is 0.392 e. The summed E-state index contributed by atoms with van der Waals surface area (Å²) in [4.78, 5) is 4.66. The van der Waals surface area contributed by atoms with E-state index < -0.39 is 6.10 Å². The van der Waals surface area contributed by atoms with Gasteiger partial charge in [0, 0.05) is 46.4 Å². The lowest BCUT2D eigenvalue weighted by Gasteiger charge is -2.25. The highest BCUT2D eigenvalue weighted by molar-refractivity contribution is 6.33. The number of ether oxygens (including phenoxy) is 1. The monoisotopic (exact) mass is 529 g/mol. The number of likely N-dealkylation sites (N-methyl/N-ethyl adjacent to an activating group) is 1. The van der Waals surface area contributed by atoms with Gasteiger partial charge >= 0.3 is 0 Å². The van der Waals surface area contributed by atoms with E-state index in [1.54, 1.807) is 0 Å². The average Bonchev–Trinajstić information content (AvgIpc) is 2.87. The highest BCUT2D eigenvalue weighted by atomic mass is 35.5. The lowest BCUT2D eigenvalue weighted by molar-refractivity contribution is 0.121. The van der Waals surface area contributed by atoms with Gasteiger partial charge in [0.1, 0.15) is 0 Å². The molecule has 1 aromatic carbocycles. The molecule has 3 rings (SSSR count). The molecular formula is C29H37Cl2N3O2. The van der Waals surface area contributed by atoms with Crippen LogP contribution in [0.15, 0.2) is 59.3 Å². The van der Waals surface area contributed by atoms with Gasteiger partial charge in [0.05, 0.1) is 25.1 Å². The summed E-state index contributed by atoms with van der Waals surface area (Å²) in [6, 6.07) is 7.94. The number of aryl methyl sites for hydroxylation is 1. The van der Waals surface area contributed by atoms with E-state index in [1.165, 1.54) is 5.56 Å². The first-order valence-electron chi connectivity index (χ1n) is 12.5. The van der Waals surface area contributed by atoms with E-state index in [2.05, 4.69) is 34.7 Å². The summed E-state index contributed by atoms with van der Waals surface area (Å²) >= 11 is 13.2. The topological polar surface area (TPSA) is 66.4 Å². The zero-order valence-corrected chi connectivity index (χ0v) is 22.9. The van der Waals surface area contributed by atoms with Crippen LogP contribution in [0, 0.1) is 5.92 Å². The van der Waals surface area contributed by atoms with Gasteiger partial charge < -0.3 is 15.2 Å². The smallest absolute Gasteiger partial charge is 0.0968 e. The van der Waals surface area contributed by atoms with Crippen LogP contribution in [-0.4, -0.2) is 49.7 Å². The molecule has 2 unspecified atom stereocenters. The van der Waals surface area contributed by atoms with Crippen LogP contribution in [0.5, 0.6) is 0 Å². The standard InChI is InChI=1S/C29H37Cl2N3O2/c1-4-6-23-22(5-2)11-12-34-29(23)25-15-20(8-10-26(25)30)17-28(35)24-9-7-21(16-27(24)31)18-33-19-36-14-13-32-3/h4,6-8,10-12,15-16,24,28,32-33,35H,5,9,13-14,17-19H2,1-3H3. The minimum absolute atomic E-state index is 0.137. The Bertz CT molecular complexity index is 1100. The van der Waals surface area contributed by atoms with E-state index in [0.717, 1.165) is 40.9 Å². The number of benzene rings is 1. The lowest BCUT2D eigenvalue weighted by Crippen LogP contribution is -2.27. The van der Waals surface area contributed by atoms with Gasteiger partial charge in [-0.05, 0) is 74.2 Å². The summed E-state index contributed by atoms with van der Waals surface area (Å²) < 4.78 is 5.49. The van der Waals surface area contributed by atoms with Crippen LogP contribution in [0.1, 0.15) is 37.0 Å². The molecule has 0 saturated carbocycles. The van der Waals surface area contributed by atoms with Gasteiger partial charge in [0.25, 0.3) is 0 Å². The number of nitrogens with one attached hydrogen (secondary N) is 2. The highest BCUT2D eigenvalue weighted by Crippen LogP contribution is 2.35. The molecule has 3 N–H and O–H groups in total. The molecule has 7 heteroatoms. The van der Waals surface area contributed by atoms with Gasteiger partial charge in [0.2, 0.25) is 0 Å². The number of nitrogens with zero attached hydrogens (tertiary/aromatic N) is 1. The van der Waals surface area contributed by atoms with E-state index in [-0.39, 0.29) is 5.92 Å². The maximum Gasteiger partial charge on any atom is 0.0968 e. The van der Waals surface area contributed by atoms with Crippen LogP contribution in [0.25, 0.3) is 17.3 Å². The summed E-state index contributed by atoms with van der Waals surface area (Å²) in [7, 11) is 1.90. The second-order valence-corrected chi connectivity index (χ2v) is 9.75. The Morgan fingerprint density at radius 1 is 1.28 bits per heavy atom. The second-order valence-electron chi connectivity index (χ2n) is 8.90. The van der Waals surface area contributed by atoms with Gasteiger partial charge in [-0.2, -0.15) is 0 Å². The Hall–Kier alpha value is -1.99. The van der Waals surface area contributed by atoms with Crippen molar-refractivity contribution >= 4 is 29.3 Å². The molecule has 194 valence electrons. The van der Waals surface area contributed by atoms with Gasteiger partial charge in [-0.25, -0.2) is 0 Å². The minimum Gasteiger partial charge on any atom is -0.392 e. The Kier molecular flexibility index (Phi) is 11.6. The van der Waals surface area contributed by atoms with Crippen LogP contribution >= 0.6 is 23.2 Å². The fourth-order valence-corrected chi connectivity index (χ4v) is 4.95. The van der Waals surface area contributed by atoms with Crippen LogP contribution < -0.4 is 10.6 Å². The first kappa shape index (κ1) is 28.6. The Morgan fingerprint density at radius 2 is 2.11 bits per heavy atom. The molecule has 0 amide bonds. The van der Waals surface area contributed by atoms with Crippen molar-refractivity contribution in [1.82, 2.24) is 15.6 Å². The van der Waals surface area contributed by atoms with Crippen molar-refractivity contribution in [2.24, 2.45) is 5.92 Å². The van der Waals surface area contributed by atoms with Gasteiger partial charge in [-0.3, -0.25) is 10.3 Å². The number of aliphatic hydroxyl groups is 1. The molecule has 0 saturated heterocycles. The van der Waals surface area contributed by atoms with Crippen molar-refractivity contribution < 1.29 is 9.84 Å². The van der Waals surface area contributed by atoms with Crippen molar-refractivity contribution in [2.75, 3.05) is 33.5 Å². The number of hydrogen-bond donors (Lipinski definition) is 3. The fourth-order valence-electron chi connectivity index (χ4n) is 4.37. The van der Waals surface area contributed by atoms with Gasteiger partial charge in [-0.1, -0.05) is 54.4 Å². The van der Waals surface area contributed by atoms with E-state index in [1.807, 2.05) is 56.6 Å². The summed E-state index contributed by atoms with van der Waals surface area (Å²) in [5, 5.41) is 18.7. The molecule has 0 spiro atoms. The van der Waals surface area contributed by atoms with E-state index >= 15 is 0 Å². The maximum absolute atomic E-state index is 11.1. The molecule has 0 aliphatic heterocycles. The number of allylic oxidation sites excluding steroid dienone is 2. The van der Waals surface area contributed by atoms with E-state index in [4.69, 9.17) is 27.9 Å². The number of aromatic nitrogens is 1. The molecule has 0 radical (unpaired) electrons. The molecule has 0 fully saturated rings. The predicted molar refractivity (Wildman–Crippen MR) is 151 cm³/mol. The van der Waals surface area contributed by atoms with Crippen LogP contribution in [0.4, 0.5) is 0 Å². The zero-order valence-electron chi connectivity index (χ0n) is 21.4. The second kappa shape index (κ2) is 14.7. The summed E-state index contributed by atoms with van der Waals surface area (Å²) in [6.45, 7) is 6.79. The third-order valence-electron chi connectivity index (χ3n) is 6.33. The lowest BCUT2D eigenvalue weighted by atomic mass is 9.87. The number of halogens is 2. The number of pyridine rings is 1. The Morgan fingerprint density at radius 3 is 2.83 bits per heavy atom. The maximum atomic E-state index is 11.1. The summed E-state index contributed by atoms with van der Waals surface area (Å²) in [5.41, 5.74) is 6.14. The first-order valence-corrected chi connectivity index (χ1v) is 13.3. The Balaban J connectivity index is 1.67. The highest BCUT2D eigenvalue weighted by Gasteiger charge is 2.25. The van der Waals surface area contributed by atoms with Crippen LogP contribution in [-0.2, 0) is 17.6 Å². The van der Waals surface area contributed by atoms with Gasteiger partial charge in [0.15, 0.2) is 0 Å². The number of hydrogen-bond acceptors (Lipinski definition) is 5. The molecule has 1 aromatic heterocycles. The van der Waals surface area contributed by atoms with E-state index in [0.29, 0.717) is 42.8 Å². The molecule has 1 aliphatic carbocycles. The van der Waals surface area contributed by atoms with Crippen molar-refractivity contribution in [3.8, 4) is 11.3 Å². The SMILES string of the molecule is CC=Cc1c(CC)ccnc1-c1cc(CC(O)C2CC=C(CNCOCCNC)C=C2Cl)ccc1Cl. The third-order valence-corrected chi connectivity index (χ3v) is 7.05. The molecule has 2 aromatic rings. The Labute approximate surface area is 225 Å². The summed E-state index contributed by atoms with van der Waals surface area (Å²) in [6.07, 6.45) is 11.5. The minimum atomic E-state index is -0.608. The van der Waals surface area contributed by atoms with E-state index in [9.17, 15) is 5.11 Å². The normalized spacial score (nSPS) is 16.8. The fraction of sp³-hybridized carbons (Fsp3) is 0.414. The first-order chi connectivity index (χ1) is 17.5. The molecule has 1 heterocycles. The molecule has 2 atom stereocenters. The zero-order chi connectivity index (χ0) is 25.9. The molecular weight excluding hydrogens is 493 g/mol. The predicted octanol–water partition coefficient (Wildman–Crippen LogP) is 5.75. The van der Waals surface area contributed by atoms with Crippen molar-refractivity contribution in [2.45, 2.75) is 39.2 Å². The van der Waals surface area contributed by atoms with Crippen molar-refractivity contribution in [3.05, 3.63) is 81.0 Å². The molecule has 5 nitrogen and oxygen atoms in total. The van der Waals surface area contributed by atoms with Gasteiger partial charge in [-0.15, -0.1) is 0 Å². The number of rotatable bonds is 13. The molecule has 0 bridgehead atoms. The summed E-state index contributed by atoms with van der Waals surface area (Å²) in [5.74, 6) is -0.137. The molecule has 36 heavy (non-hydrogen) atoms. The van der Waals surface area contributed by atoms with Crippen LogP contribution in [0.2, 0.25) is 5.02 Å². The van der Waals surface area contributed by atoms with Crippen molar-refractivity contribution in [1.29, 1.82) is 0 Å². The molecule has 1 aliphatic rings. The number of aliphatic hydroxyl groups excluding tert-OH is 1. The third kappa shape index (κ3) is 7.75. The average molecular weight is 531 g/mol. The quantitative estimate of drug-likeness (QED) is 0.227. The van der Waals surface area contributed by atoms with Crippen LogP contribution in [0.3, 0.4) is 0 Å².